The van der Waals surface area contributed by atoms with Gasteiger partial charge in [-0.2, -0.15) is 5.26 Å². The molecule has 5 rings (SSSR count). The lowest BCUT2D eigenvalue weighted by Gasteiger charge is -2.40. The molecule has 1 atom stereocenters. The van der Waals surface area contributed by atoms with Crippen molar-refractivity contribution in [2.45, 2.75) is 43.9 Å². The molecule has 198 valence electrons. The van der Waals surface area contributed by atoms with Crippen molar-refractivity contribution in [3.8, 4) is 6.07 Å². The summed E-state index contributed by atoms with van der Waals surface area (Å²) in [6.45, 7) is 4.14. The van der Waals surface area contributed by atoms with E-state index in [2.05, 4.69) is 52.1 Å². The summed E-state index contributed by atoms with van der Waals surface area (Å²) in [4.78, 5) is 26.3. The number of amides is 1. The number of aromatic nitrogens is 2. The number of sulfone groups is 1. The molecule has 1 saturated heterocycles. The minimum absolute atomic E-state index is 0.0381. The zero-order chi connectivity index (χ0) is 27.0. The molecule has 1 amide bonds. The maximum Gasteiger partial charge on any atom is 0.407 e. The number of piperazine rings is 1. The Morgan fingerprint density at radius 3 is 2.61 bits per heavy atom. The van der Waals surface area contributed by atoms with Crippen molar-refractivity contribution in [3.63, 3.8) is 0 Å². The number of carbonyl (C=O) groups is 1. The van der Waals surface area contributed by atoms with Crippen LogP contribution in [0, 0.1) is 18.3 Å². The van der Waals surface area contributed by atoms with Crippen molar-refractivity contribution in [2.75, 3.05) is 42.2 Å². The van der Waals surface area contributed by atoms with E-state index < -0.39 is 22.0 Å². The van der Waals surface area contributed by atoms with Gasteiger partial charge in [0.25, 0.3) is 0 Å². The average Bonchev–Trinajstić information content (AvgIpc) is 3.10. The summed E-state index contributed by atoms with van der Waals surface area (Å²) in [6.07, 6.45) is 1.46. The van der Waals surface area contributed by atoms with Crippen LogP contribution in [0.5, 0.6) is 0 Å². The molecule has 3 heterocycles. The number of hydrogen-bond donors (Lipinski definition) is 1. The molecule has 2 aliphatic rings. The summed E-state index contributed by atoms with van der Waals surface area (Å²) in [5.41, 5.74) is 3.83. The van der Waals surface area contributed by atoms with Gasteiger partial charge < -0.3 is 19.8 Å². The Morgan fingerprint density at radius 1 is 1.13 bits per heavy atom. The summed E-state index contributed by atoms with van der Waals surface area (Å²) in [5, 5.41) is 21.1. The van der Waals surface area contributed by atoms with E-state index >= 15 is 0 Å². The number of nitriles is 1. The van der Waals surface area contributed by atoms with E-state index in [9.17, 15) is 23.6 Å². The van der Waals surface area contributed by atoms with Crippen LogP contribution in [0.2, 0.25) is 0 Å². The van der Waals surface area contributed by atoms with E-state index in [1.165, 1.54) is 15.8 Å². The van der Waals surface area contributed by atoms with Gasteiger partial charge in [0.15, 0.2) is 0 Å². The Hall–Kier alpha value is -3.91. The van der Waals surface area contributed by atoms with Crippen molar-refractivity contribution in [2.24, 2.45) is 0 Å². The number of rotatable bonds is 4. The van der Waals surface area contributed by atoms with Gasteiger partial charge in [-0.05, 0) is 36.8 Å². The predicted octanol–water partition coefficient (Wildman–Crippen LogP) is 3.38. The second-order valence-corrected chi connectivity index (χ2v) is 11.8. The van der Waals surface area contributed by atoms with Crippen LogP contribution in [0.15, 0.2) is 41.6 Å². The quantitative estimate of drug-likeness (QED) is 0.501. The summed E-state index contributed by atoms with van der Waals surface area (Å²) < 4.78 is 25.1. The number of aryl methyl sites for hydroxylation is 2. The molecule has 11 heteroatoms. The Kier molecular flexibility index (Phi) is 6.84. The topological polar surface area (TPSA) is 131 Å². The number of fused-ring (bicyclic) bond motifs is 2. The maximum atomic E-state index is 12.5. The molecule has 2 aliphatic heterocycles. The van der Waals surface area contributed by atoms with Crippen LogP contribution in [0.25, 0.3) is 10.8 Å². The molecule has 1 unspecified atom stereocenters. The molecular weight excluding hydrogens is 504 g/mol. The highest BCUT2D eigenvalue weighted by Crippen LogP contribution is 2.35. The van der Waals surface area contributed by atoms with Gasteiger partial charge in [0, 0.05) is 55.6 Å². The third-order valence-electron chi connectivity index (χ3n) is 7.36. The van der Waals surface area contributed by atoms with Gasteiger partial charge in [-0.1, -0.05) is 30.3 Å². The van der Waals surface area contributed by atoms with Crippen LogP contribution in [0.4, 0.5) is 16.3 Å². The minimum atomic E-state index is -3.68. The lowest BCUT2D eigenvalue weighted by Crippen LogP contribution is -2.55. The highest BCUT2D eigenvalue weighted by molar-refractivity contribution is 7.90. The molecule has 1 fully saturated rings. The lowest BCUT2D eigenvalue weighted by molar-refractivity contribution is 0.119. The first-order valence-corrected chi connectivity index (χ1v) is 14.5. The van der Waals surface area contributed by atoms with E-state index in [0.29, 0.717) is 31.0 Å². The summed E-state index contributed by atoms with van der Waals surface area (Å²) in [6, 6.07) is 14.0. The van der Waals surface area contributed by atoms with Gasteiger partial charge in [-0.25, -0.2) is 23.2 Å². The van der Waals surface area contributed by atoms with Crippen molar-refractivity contribution in [1.82, 2.24) is 14.9 Å². The van der Waals surface area contributed by atoms with Crippen LogP contribution >= 0.6 is 0 Å². The van der Waals surface area contributed by atoms with Crippen LogP contribution in [0.1, 0.15) is 29.7 Å². The fourth-order valence-electron chi connectivity index (χ4n) is 5.55. The highest BCUT2D eigenvalue weighted by Gasteiger charge is 2.34. The Labute approximate surface area is 222 Å². The molecule has 10 nitrogen and oxygen atoms in total. The summed E-state index contributed by atoms with van der Waals surface area (Å²) in [7, 11) is -3.68. The molecule has 0 spiro atoms. The van der Waals surface area contributed by atoms with Gasteiger partial charge in [0.1, 0.15) is 5.82 Å². The lowest BCUT2D eigenvalue weighted by atomic mass is 10.0. The normalized spacial score (nSPS) is 18.1. The average molecular weight is 535 g/mol. The zero-order valence-electron chi connectivity index (χ0n) is 21.5. The van der Waals surface area contributed by atoms with E-state index in [0.717, 1.165) is 35.9 Å². The van der Waals surface area contributed by atoms with E-state index in [1.807, 2.05) is 17.0 Å². The van der Waals surface area contributed by atoms with Crippen LogP contribution in [-0.4, -0.2) is 73.0 Å². The third kappa shape index (κ3) is 4.84. The van der Waals surface area contributed by atoms with Gasteiger partial charge in [-0.3, -0.25) is 0 Å². The first kappa shape index (κ1) is 25.7. The van der Waals surface area contributed by atoms with Crippen molar-refractivity contribution >= 4 is 38.2 Å². The number of nitrogens with zero attached hydrogens (tertiary/aromatic N) is 6. The number of anilines is 2. The fourth-order valence-corrected chi connectivity index (χ4v) is 6.08. The molecule has 3 aromatic rings. The first-order valence-electron chi connectivity index (χ1n) is 12.6. The smallest absolute Gasteiger partial charge is 0.407 e. The second kappa shape index (κ2) is 10.1. The molecule has 38 heavy (non-hydrogen) atoms. The monoisotopic (exact) mass is 534 g/mol. The van der Waals surface area contributed by atoms with Crippen molar-refractivity contribution in [1.29, 1.82) is 5.26 Å². The molecule has 1 aromatic heterocycles. The Morgan fingerprint density at radius 2 is 1.89 bits per heavy atom. The van der Waals surface area contributed by atoms with Crippen LogP contribution in [0.3, 0.4) is 0 Å². The molecular formula is C27H30N6O4S. The number of hydrogen-bond acceptors (Lipinski definition) is 8. The first-order chi connectivity index (χ1) is 18.2. The number of benzene rings is 2. The highest BCUT2D eigenvalue weighted by atomic mass is 32.2. The Bertz CT molecular complexity index is 1550. The van der Waals surface area contributed by atoms with Crippen LogP contribution < -0.4 is 9.80 Å². The zero-order valence-corrected chi connectivity index (χ0v) is 22.3. The Balaban J connectivity index is 1.61. The van der Waals surface area contributed by atoms with Gasteiger partial charge in [0.05, 0.1) is 24.2 Å². The van der Waals surface area contributed by atoms with Gasteiger partial charge in [0.2, 0.25) is 15.0 Å². The van der Waals surface area contributed by atoms with E-state index in [4.69, 9.17) is 0 Å². The molecule has 0 saturated carbocycles. The third-order valence-corrected chi connectivity index (χ3v) is 8.21. The van der Waals surface area contributed by atoms with Gasteiger partial charge >= 0.3 is 6.09 Å². The summed E-state index contributed by atoms with van der Waals surface area (Å²) >= 11 is 0. The molecule has 2 aromatic carbocycles. The molecule has 1 N–H and O–H groups in total. The second-order valence-electron chi connectivity index (χ2n) is 9.94. The van der Waals surface area contributed by atoms with Crippen molar-refractivity contribution in [3.05, 3.63) is 53.2 Å². The predicted molar refractivity (Wildman–Crippen MR) is 144 cm³/mol. The SMILES string of the molecule is Cc1cccc2cccc(N3CCCc4nc(S(C)(=O)=O)nc(N5CCN(C(=O)O)C(CC#N)C5)c4C3)c12. The van der Waals surface area contributed by atoms with E-state index in [-0.39, 0.29) is 24.7 Å². The van der Waals surface area contributed by atoms with Crippen molar-refractivity contribution < 1.29 is 18.3 Å². The maximum absolute atomic E-state index is 12.5. The standard InChI is InChI=1S/C27H30N6O4S/c1-18-6-3-7-19-8-4-10-23(24(18)19)31-13-5-9-22-21(17-31)25(30-26(29-22)38(2,36)37)32-14-15-33(27(34)35)20(16-32)11-12-28/h3-4,6-8,10,20H,5,9,11,13-17H2,1-2H3,(H,34,35). The number of carboxylic acid groups (broad SMARTS) is 1. The fraction of sp³-hybridized carbons (Fsp3) is 0.407. The molecule has 0 bridgehead atoms. The minimum Gasteiger partial charge on any atom is -0.465 e. The van der Waals surface area contributed by atoms with Gasteiger partial charge in [-0.15, -0.1) is 0 Å². The van der Waals surface area contributed by atoms with E-state index in [1.54, 1.807) is 0 Å². The summed E-state index contributed by atoms with van der Waals surface area (Å²) in [5.74, 6) is 0.507. The molecule has 0 radical (unpaired) electrons. The largest absolute Gasteiger partial charge is 0.465 e. The molecule has 0 aliphatic carbocycles. The van der Waals surface area contributed by atoms with Crippen LogP contribution in [-0.2, 0) is 22.8 Å².